The molecule has 5 heteroatoms. The molecule has 0 spiro atoms. The predicted molar refractivity (Wildman–Crippen MR) is 47.4 cm³/mol. The molecular weight excluding hydrogens is 226 g/mol. The molecule has 0 amide bonds. The van der Waals surface area contributed by atoms with Gasteiger partial charge < -0.3 is 9.57 Å². The van der Waals surface area contributed by atoms with Gasteiger partial charge in [0, 0.05) is 6.42 Å². The van der Waals surface area contributed by atoms with Crippen molar-refractivity contribution in [3.63, 3.8) is 0 Å². The molecule has 4 nitrogen and oxygen atoms in total. The van der Waals surface area contributed by atoms with E-state index in [1.54, 1.807) is 0 Å². The molecule has 0 bridgehead atoms. The van der Waals surface area contributed by atoms with Crippen molar-refractivity contribution in [1.29, 1.82) is 0 Å². The van der Waals surface area contributed by atoms with Crippen LogP contribution in [0.5, 0.6) is 0 Å². The number of hydrogen-bond donors (Lipinski definition) is 0. The summed E-state index contributed by atoms with van der Waals surface area (Å²) in [5.74, 6) is -0.414. The van der Waals surface area contributed by atoms with E-state index in [1.165, 1.54) is 7.11 Å². The number of nitrogens with zero attached hydrogens (tertiary/aromatic N) is 1. The normalized spacial score (nSPS) is 33.2. The van der Waals surface area contributed by atoms with E-state index >= 15 is 0 Å². The molecule has 1 fully saturated rings. The molecule has 0 aliphatic carbocycles. The molecule has 12 heavy (non-hydrogen) atoms. The highest BCUT2D eigenvalue weighted by Gasteiger charge is 2.38. The van der Waals surface area contributed by atoms with Crippen molar-refractivity contribution in [2.24, 2.45) is 5.16 Å². The first kappa shape index (κ1) is 9.51. The second-order valence-electron chi connectivity index (χ2n) is 2.71. The summed E-state index contributed by atoms with van der Waals surface area (Å²) in [6.45, 7) is 2.29. The molecule has 0 aromatic rings. The lowest BCUT2D eigenvalue weighted by molar-refractivity contribution is -0.137. The molecular formula is C7H10BrNO3. The average molecular weight is 236 g/mol. The second-order valence-corrected chi connectivity index (χ2v) is 4.46. The number of carbonyl (C=O) groups is 1. The van der Waals surface area contributed by atoms with Crippen LogP contribution in [-0.4, -0.2) is 29.7 Å². The van der Waals surface area contributed by atoms with Crippen molar-refractivity contribution in [3.8, 4) is 0 Å². The number of halogens is 1. The Bertz CT molecular complexity index is 225. The van der Waals surface area contributed by atoms with E-state index < -0.39 is 10.3 Å². The highest BCUT2D eigenvalue weighted by Crippen LogP contribution is 2.28. The number of oxime groups is 1. The summed E-state index contributed by atoms with van der Waals surface area (Å²) < 4.78 is 4.38. The Labute approximate surface area is 79.0 Å². The minimum atomic E-state index is -0.418. The highest BCUT2D eigenvalue weighted by atomic mass is 79.9. The van der Waals surface area contributed by atoms with Crippen LogP contribution in [0.3, 0.4) is 0 Å². The zero-order valence-electron chi connectivity index (χ0n) is 6.96. The van der Waals surface area contributed by atoms with Crippen molar-refractivity contribution < 1.29 is 14.4 Å². The van der Waals surface area contributed by atoms with Gasteiger partial charge in [-0.1, -0.05) is 21.1 Å². The van der Waals surface area contributed by atoms with Crippen LogP contribution < -0.4 is 0 Å². The molecule has 0 radical (unpaired) electrons. The van der Waals surface area contributed by atoms with Gasteiger partial charge in [-0.25, -0.2) is 4.79 Å². The lowest BCUT2D eigenvalue weighted by atomic mass is 10.00. The van der Waals surface area contributed by atoms with Crippen molar-refractivity contribution in [2.45, 2.75) is 17.7 Å². The monoisotopic (exact) mass is 235 g/mol. The van der Waals surface area contributed by atoms with Crippen LogP contribution in [0.4, 0.5) is 0 Å². The van der Waals surface area contributed by atoms with Crippen molar-refractivity contribution in [3.05, 3.63) is 0 Å². The highest BCUT2D eigenvalue weighted by molar-refractivity contribution is 9.10. The third-order valence-corrected chi connectivity index (χ3v) is 2.45. The Kier molecular flexibility index (Phi) is 2.72. The largest absolute Gasteiger partial charge is 0.461 e. The summed E-state index contributed by atoms with van der Waals surface area (Å²) in [5.41, 5.74) is 0.288. The van der Waals surface area contributed by atoms with E-state index in [4.69, 9.17) is 4.74 Å². The van der Waals surface area contributed by atoms with E-state index in [9.17, 15) is 4.79 Å². The van der Waals surface area contributed by atoms with Crippen LogP contribution in [0.1, 0.15) is 13.3 Å². The fourth-order valence-corrected chi connectivity index (χ4v) is 1.35. The molecule has 0 aromatic carbocycles. The SMILES string of the molecule is CO/N=C1\C(=O)OCCC1(C)Br. The van der Waals surface area contributed by atoms with Gasteiger partial charge in [-0.05, 0) is 6.92 Å². The van der Waals surface area contributed by atoms with E-state index in [1.807, 2.05) is 6.92 Å². The summed E-state index contributed by atoms with van der Waals surface area (Å²) in [7, 11) is 1.40. The molecule has 1 aliphatic rings. The van der Waals surface area contributed by atoms with Crippen LogP contribution in [0, 0.1) is 0 Å². The lowest BCUT2D eigenvalue weighted by Gasteiger charge is -2.26. The minimum absolute atomic E-state index is 0.288. The molecule has 0 N–H and O–H groups in total. The van der Waals surface area contributed by atoms with Gasteiger partial charge in [0.1, 0.15) is 7.11 Å². The first-order chi connectivity index (χ1) is 5.58. The van der Waals surface area contributed by atoms with Gasteiger partial charge in [0.05, 0.1) is 10.9 Å². The van der Waals surface area contributed by atoms with E-state index in [-0.39, 0.29) is 5.71 Å². The van der Waals surface area contributed by atoms with Gasteiger partial charge in [0.15, 0.2) is 5.71 Å². The van der Waals surface area contributed by atoms with Gasteiger partial charge in [0.2, 0.25) is 0 Å². The number of alkyl halides is 1. The molecule has 1 atom stereocenters. The smallest absolute Gasteiger partial charge is 0.357 e. The number of hydrogen-bond acceptors (Lipinski definition) is 4. The van der Waals surface area contributed by atoms with Gasteiger partial charge in [-0.2, -0.15) is 0 Å². The summed E-state index contributed by atoms with van der Waals surface area (Å²) in [4.78, 5) is 15.7. The Morgan fingerprint density at radius 3 is 2.92 bits per heavy atom. The van der Waals surface area contributed by atoms with Crippen LogP contribution >= 0.6 is 15.9 Å². The molecule has 0 saturated carbocycles. The second kappa shape index (κ2) is 3.43. The predicted octanol–water partition coefficient (Wildman–Crippen LogP) is 1.09. The molecule has 1 heterocycles. The lowest BCUT2D eigenvalue weighted by Crippen LogP contribution is -2.42. The fourth-order valence-electron chi connectivity index (χ4n) is 0.959. The number of rotatable bonds is 1. The maximum absolute atomic E-state index is 11.1. The third-order valence-electron chi connectivity index (χ3n) is 1.67. The topological polar surface area (TPSA) is 47.9 Å². The van der Waals surface area contributed by atoms with Gasteiger partial charge in [-0.15, -0.1) is 0 Å². The number of ether oxygens (including phenoxy) is 1. The van der Waals surface area contributed by atoms with Crippen LogP contribution in [0.25, 0.3) is 0 Å². The van der Waals surface area contributed by atoms with Crippen LogP contribution in [-0.2, 0) is 14.4 Å². The average Bonchev–Trinajstić information content (AvgIpc) is 1.97. The Balaban J connectivity index is 2.89. The molecule has 1 saturated heterocycles. The number of cyclic esters (lactones) is 1. The minimum Gasteiger partial charge on any atom is -0.461 e. The summed E-state index contributed by atoms with van der Waals surface area (Å²) in [5, 5.41) is 3.61. The number of esters is 1. The molecule has 1 unspecified atom stereocenters. The van der Waals surface area contributed by atoms with Crippen LogP contribution in [0.2, 0.25) is 0 Å². The summed E-state index contributed by atoms with van der Waals surface area (Å²) in [6, 6.07) is 0. The number of carbonyl (C=O) groups excluding carboxylic acids is 1. The molecule has 1 aliphatic heterocycles. The third kappa shape index (κ3) is 1.77. The van der Waals surface area contributed by atoms with Crippen molar-refractivity contribution in [2.75, 3.05) is 13.7 Å². The maximum atomic E-state index is 11.1. The standard InChI is InChI=1S/C7H10BrNO3/c1-7(8)3-4-12-6(10)5(7)9-11-2/h3-4H2,1-2H3/b9-5+. The Morgan fingerprint density at radius 2 is 2.42 bits per heavy atom. The van der Waals surface area contributed by atoms with E-state index in [0.717, 1.165) is 0 Å². The van der Waals surface area contributed by atoms with Crippen molar-refractivity contribution >= 4 is 27.6 Å². The quantitative estimate of drug-likeness (QED) is 0.389. The molecule has 0 aromatic heterocycles. The van der Waals surface area contributed by atoms with Gasteiger partial charge in [0.25, 0.3) is 0 Å². The van der Waals surface area contributed by atoms with E-state index in [2.05, 4.69) is 25.9 Å². The Morgan fingerprint density at radius 1 is 1.75 bits per heavy atom. The first-order valence-corrected chi connectivity index (χ1v) is 4.35. The van der Waals surface area contributed by atoms with Crippen molar-refractivity contribution in [1.82, 2.24) is 0 Å². The summed E-state index contributed by atoms with van der Waals surface area (Å²) in [6.07, 6.45) is 0.709. The fraction of sp³-hybridized carbons (Fsp3) is 0.714. The van der Waals surface area contributed by atoms with Gasteiger partial charge >= 0.3 is 5.97 Å². The van der Waals surface area contributed by atoms with E-state index in [0.29, 0.717) is 13.0 Å². The van der Waals surface area contributed by atoms with Crippen LogP contribution in [0.15, 0.2) is 5.16 Å². The zero-order valence-corrected chi connectivity index (χ0v) is 8.55. The molecule has 68 valence electrons. The maximum Gasteiger partial charge on any atom is 0.357 e. The summed E-state index contributed by atoms with van der Waals surface area (Å²) >= 11 is 3.39. The zero-order chi connectivity index (χ0) is 9.19. The molecule has 1 rings (SSSR count). The Hall–Kier alpha value is -0.580. The first-order valence-electron chi connectivity index (χ1n) is 3.55. The van der Waals surface area contributed by atoms with Gasteiger partial charge in [-0.3, -0.25) is 0 Å².